The molecule has 1 unspecified atom stereocenters. The molecular formula is C5H9N2NaO4. The van der Waals surface area contributed by atoms with E-state index in [0.29, 0.717) is 0 Å². The van der Waals surface area contributed by atoms with Gasteiger partial charge >= 0.3 is 35.5 Å². The van der Waals surface area contributed by atoms with Crippen molar-refractivity contribution in [3.8, 4) is 0 Å². The molecule has 6 nitrogen and oxygen atoms in total. The van der Waals surface area contributed by atoms with Gasteiger partial charge in [0.25, 0.3) is 0 Å². The molecule has 0 fully saturated rings. The van der Waals surface area contributed by atoms with E-state index in [1.807, 2.05) is 0 Å². The van der Waals surface area contributed by atoms with E-state index in [1.165, 1.54) is 0 Å². The predicted octanol–water partition coefficient (Wildman–Crippen LogP) is -6.26. The van der Waals surface area contributed by atoms with Gasteiger partial charge in [0.15, 0.2) is 0 Å². The summed E-state index contributed by atoms with van der Waals surface area (Å²) in [5.74, 6) is -3.13. The first kappa shape index (κ1) is 14.4. The largest absolute Gasteiger partial charge is 1.00 e. The van der Waals surface area contributed by atoms with Gasteiger partial charge in [-0.3, -0.25) is 10.1 Å². The van der Waals surface area contributed by atoms with Crippen LogP contribution in [-0.4, -0.2) is 36.2 Å². The number of hydrogen-bond donors (Lipinski definition) is 3. The number of nitrogens with one attached hydrogen (secondary N) is 1. The Kier molecular flexibility index (Phi) is 9.00. The molecule has 0 saturated carbocycles. The number of aliphatic carboxylic acids is 2. The van der Waals surface area contributed by atoms with Crippen LogP contribution in [-0.2, 0) is 9.59 Å². The molecule has 0 aromatic heterocycles. The number of carbonyl (C=O) groups excluding carboxylic acids is 1. The third-order valence-corrected chi connectivity index (χ3v) is 0.975. The van der Waals surface area contributed by atoms with Crippen LogP contribution in [0.15, 0.2) is 0 Å². The molecule has 0 saturated heterocycles. The number of carboxylic acids is 2. The first-order chi connectivity index (χ1) is 5.09. The minimum atomic E-state index is -1.67. The SMILES string of the molecule is NCCNC(C(=O)[O-])C(=O)O.[Na+]. The third kappa shape index (κ3) is 5.50. The van der Waals surface area contributed by atoms with E-state index in [2.05, 4.69) is 5.32 Å². The summed E-state index contributed by atoms with van der Waals surface area (Å²) in [5.41, 5.74) is 5.01. The number of rotatable bonds is 5. The van der Waals surface area contributed by atoms with E-state index in [-0.39, 0.29) is 42.6 Å². The summed E-state index contributed by atoms with van der Waals surface area (Å²) in [6, 6.07) is -1.67. The molecule has 0 radical (unpaired) electrons. The van der Waals surface area contributed by atoms with Crippen molar-refractivity contribution in [2.45, 2.75) is 6.04 Å². The van der Waals surface area contributed by atoms with Crippen LogP contribution in [0.2, 0.25) is 0 Å². The summed E-state index contributed by atoms with van der Waals surface area (Å²) in [5, 5.41) is 20.5. The maximum atomic E-state index is 10.1. The van der Waals surface area contributed by atoms with Gasteiger partial charge in [0.1, 0.15) is 6.04 Å². The van der Waals surface area contributed by atoms with Gasteiger partial charge in [-0.1, -0.05) is 0 Å². The van der Waals surface area contributed by atoms with Gasteiger partial charge in [0.05, 0.1) is 5.97 Å². The molecule has 0 spiro atoms. The van der Waals surface area contributed by atoms with Gasteiger partial charge in [0, 0.05) is 13.1 Å². The maximum absolute atomic E-state index is 10.1. The van der Waals surface area contributed by atoms with Crippen molar-refractivity contribution in [2.24, 2.45) is 5.73 Å². The smallest absolute Gasteiger partial charge is 0.548 e. The molecule has 0 aromatic carbocycles. The van der Waals surface area contributed by atoms with Crippen molar-refractivity contribution in [3.05, 3.63) is 0 Å². The molecule has 12 heavy (non-hydrogen) atoms. The molecule has 0 aliphatic carbocycles. The average Bonchev–Trinajstić information content (AvgIpc) is 1.87. The Morgan fingerprint density at radius 2 is 2.08 bits per heavy atom. The van der Waals surface area contributed by atoms with E-state index < -0.39 is 18.0 Å². The Morgan fingerprint density at radius 3 is 2.33 bits per heavy atom. The fraction of sp³-hybridized carbons (Fsp3) is 0.600. The van der Waals surface area contributed by atoms with Gasteiger partial charge in [-0.2, -0.15) is 0 Å². The second kappa shape index (κ2) is 7.51. The fourth-order valence-corrected chi connectivity index (χ4v) is 0.499. The van der Waals surface area contributed by atoms with Crippen LogP contribution in [0.25, 0.3) is 0 Å². The summed E-state index contributed by atoms with van der Waals surface area (Å²) in [4.78, 5) is 20.2. The number of nitrogens with two attached hydrogens (primary N) is 1. The molecule has 0 aliphatic rings. The Bertz CT molecular complexity index is 150. The van der Waals surface area contributed by atoms with E-state index in [4.69, 9.17) is 10.8 Å². The first-order valence-corrected chi connectivity index (χ1v) is 2.96. The summed E-state index contributed by atoms with van der Waals surface area (Å²) in [6.45, 7) is 0.308. The van der Waals surface area contributed by atoms with Gasteiger partial charge in [0.2, 0.25) is 0 Å². The molecule has 0 rings (SSSR count). The van der Waals surface area contributed by atoms with Crippen molar-refractivity contribution in [1.29, 1.82) is 0 Å². The zero-order chi connectivity index (χ0) is 8.85. The molecule has 64 valence electrons. The standard InChI is InChI=1S/C5H10N2O4.Na/c6-1-2-7-3(4(8)9)5(10)11;/h3,7H,1-2,6H2,(H,8,9)(H,10,11);/q;+1/p-1. The molecule has 0 heterocycles. The van der Waals surface area contributed by atoms with Crippen molar-refractivity contribution < 1.29 is 49.4 Å². The molecule has 0 aromatic rings. The molecular weight excluding hydrogens is 175 g/mol. The van der Waals surface area contributed by atoms with Crippen LogP contribution in [0.5, 0.6) is 0 Å². The maximum Gasteiger partial charge on any atom is 1.00 e. The minimum Gasteiger partial charge on any atom is -0.548 e. The Balaban J connectivity index is 0. The van der Waals surface area contributed by atoms with Gasteiger partial charge in [-0.25, -0.2) is 0 Å². The van der Waals surface area contributed by atoms with E-state index in [0.717, 1.165) is 0 Å². The zero-order valence-corrected chi connectivity index (χ0v) is 8.74. The minimum absolute atomic E-state index is 0. The van der Waals surface area contributed by atoms with Crippen LogP contribution in [0.1, 0.15) is 0 Å². The molecule has 1 atom stereocenters. The number of carbonyl (C=O) groups is 2. The third-order valence-electron chi connectivity index (χ3n) is 0.975. The Morgan fingerprint density at radius 1 is 1.58 bits per heavy atom. The van der Waals surface area contributed by atoms with Crippen LogP contribution in [0.3, 0.4) is 0 Å². The second-order valence-electron chi connectivity index (χ2n) is 1.83. The van der Waals surface area contributed by atoms with E-state index in [1.54, 1.807) is 0 Å². The van der Waals surface area contributed by atoms with E-state index in [9.17, 15) is 14.7 Å². The quantitative estimate of drug-likeness (QED) is 0.289. The first-order valence-electron chi connectivity index (χ1n) is 2.96. The van der Waals surface area contributed by atoms with Crippen molar-refractivity contribution in [1.82, 2.24) is 5.32 Å². The van der Waals surface area contributed by atoms with Crippen molar-refractivity contribution in [3.63, 3.8) is 0 Å². The van der Waals surface area contributed by atoms with E-state index >= 15 is 0 Å². The van der Waals surface area contributed by atoms with Crippen LogP contribution in [0.4, 0.5) is 0 Å². The summed E-state index contributed by atoms with van der Waals surface area (Å²) in [6.07, 6.45) is 0. The van der Waals surface area contributed by atoms with Crippen LogP contribution in [0, 0.1) is 0 Å². The van der Waals surface area contributed by atoms with Gasteiger partial charge in [-0.05, 0) is 0 Å². The number of hydrogen-bond acceptors (Lipinski definition) is 5. The number of carboxylic acid groups (broad SMARTS) is 2. The van der Waals surface area contributed by atoms with Gasteiger partial charge in [-0.15, -0.1) is 0 Å². The topological polar surface area (TPSA) is 115 Å². The van der Waals surface area contributed by atoms with Crippen molar-refractivity contribution in [2.75, 3.05) is 13.1 Å². The molecule has 0 aliphatic heterocycles. The predicted molar refractivity (Wildman–Crippen MR) is 33.5 cm³/mol. The zero-order valence-electron chi connectivity index (χ0n) is 6.74. The summed E-state index contributed by atoms with van der Waals surface area (Å²) < 4.78 is 0. The second-order valence-corrected chi connectivity index (χ2v) is 1.83. The average molecular weight is 184 g/mol. The fourth-order valence-electron chi connectivity index (χ4n) is 0.499. The molecule has 0 amide bonds. The van der Waals surface area contributed by atoms with Crippen LogP contribution >= 0.6 is 0 Å². The molecule has 7 heteroatoms. The summed E-state index contributed by atoms with van der Waals surface area (Å²) in [7, 11) is 0. The Labute approximate surface area is 91.4 Å². The normalized spacial score (nSPS) is 11.4. The van der Waals surface area contributed by atoms with Crippen LogP contribution < -0.4 is 45.7 Å². The molecule has 0 bridgehead atoms. The van der Waals surface area contributed by atoms with Gasteiger partial charge < -0.3 is 20.7 Å². The molecule has 4 N–H and O–H groups in total. The monoisotopic (exact) mass is 184 g/mol. The summed E-state index contributed by atoms with van der Waals surface area (Å²) >= 11 is 0. The van der Waals surface area contributed by atoms with Crippen molar-refractivity contribution >= 4 is 11.9 Å². The Hall–Kier alpha value is -0.140.